The van der Waals surface area contributed by atoms with Gasteiger partial charge in [0.1, 0.15) is 11.7 Å². The SMILES string of the molecule is CCOC(=O)/C(=C/c1c[nH]c2cc(Cl)ccc12)NC(C)=O.CCOC(=O)[C@H](Cc1c[nH]c2cc(Cl)ccc12)NC(C)=O. The van der Waals surface area contributed by atoms with Crippen LogP contribution in [0, 0.1) is 0 Å². The molecule has 12 heteroatoms. The monoisotopic (exact) mass is 614 g/mol. The molecule has 2 aromatic heterocycles. The first-order valence-electron chi connectivity index (χ1n) is 13.1. The minimum Gasteiger partial charge on any atom is -0.464 e. The number of aromatic amines is 2. The quantitative estimate of drug-likeness (QED) is 0.149. The van der Waals surface area contributed by atoms with Crippen LogP contribution in [0.1, 0.15) is 38.8 Å². The van der Waals surface area contributed by atoms with Gasteiger partial charge in [-0.1, -0.05) is 35.3 Å². The van der Waals surface area contributed by atoms with Gasteiger partial charge in [0, 0.05) is 70.1 Å². The van der Waals surface area contributed by atoms with Gasteiger partial charge >= 0.3 is 11.9 Å². The first-order valence-corrected chi connectivity index (χ1v) is 13.9. The van der Waals surface area contributed by atoms with E-state index in [-0.39, 0.29) is 30.7 Å². The number of amides is 2. The van der Waals surface area contributed by atoms with E-state index in [2.05, 4.69) is 20.6 Å². The van der Waals surface area contributed by atoms with E-state index in [0.29, 0.717) is 16.5 Å². The standard InChI is InChI=1S/C15H17ClN2O3.C15H15ClN2O3/c2*1-3-21-15(20)14(18-9(2)19)6-10-8-17-13-7-11(16)4-5-12(10)13/h4-5,7-8,14,17H,3,6H2,1-2H3,(H,18,19);4-8,17H,3H2,1-2H3,(H,18,19)/b;14-6-/t14-;/m0./s1. The van der Waals surface area contributed by atoms with Crippen molar-refractivity contribution in [3.05, 3.63) is 75.7 Å². The summed E-state index contributed by atoms with van der Waals surface area (Å²) in [6.45, 7) is 6.66. The lowest BCUT2D eigenvalue weighted by Gasteiger charge is -2.15. The van der Waals surface area contributed by atoms with Crippen molar-refractivity contribution in [3.8, 4) is 0 Å². The van der Waals surface area contributed by atoms with Gasteiger partial charge in [0.2, 0.25) is 11.8 Å². The lowest BCUT2D eigenvalue weighted by molar-refractivity contribution is -0.147. The number of halogens is 2. The van der Waals surface area contributed by atoms with Crippen LogP contribution in [0.2, 0.25) is 10.0 Å². The summed E-state index contributed by atoms with van der Waals surface area (Å²) in [5.74, 6) is -1.61. The molecular formula is C30H32Cl2N4O6. The predicted molar refractivity (Wildman–Crippen MR) is 163 cm³/mol. The summed E-state index contributed by atoms with van der Waals surface area (Å²) in [6, 6.07) is 10.2. The molecule has 0 bridgehead atoms. The summed E-state index contributed by atoms with van der Waals surface area (Å²) in [4.78, 5) is 52.4. The summed E-state index contributed by atoms with van der Waals surface area (Å²) in [6.07, 6.45) is 5.49. The second-order valence-corrected chi connectivity index (χ2v) is 9.98. The maximum atomic E-state index is 11.9. The maximum Gasteiger partial charge on any atom is 0.354 e. The van der Waals surface area contributed by atoms with Crippen molar-refractivity contribution in [2.75, 3.05) is 13.2 Å². The van der Waals surface area contributed by atoms with Crippen molar-refractivity contribution >= 4 is 74.8 Å². The smallest absolute Gasteiger partial charge is 0.354 e. The third kappa shape index (κ3) is 8.86. The van der Waals surface area contributed by atoms with Gasteiger partial charge in [-0.15, -0.1) is 0 Å². The van der Waals surface area contributed by atoms with Crippen LogP contribution in [0.4, 0.5) is 0 Å². The van der Waals surface area contributed by atoms with Crippen LogP contribution >= 0.6 is 23.2 Å². The molecule has 0 aliphatic rings. The molecule has 10 nitrogen and oxygen atoms in total. The molecule has 4 aromatic rings. The third-order valence-corrected chi connectivity index (χ3v) is 6.35. The summed E-state index contributed by atoms with van der Waals surface area (Å²) in [7, 11) is 0. The number of esters is 2. The van der Waals surface area contributed by atoms with Crippen molar-refractivity contribution in [3.63, 3.8) is 0 Å². The van der Waals surface area contributed by atoms with Gasteiger partial charge in [-0.3, -0.25) is 9.59 Å². The Balaban J connectivity index is 0.000000230. The Hall–Kier alpha value is -4.28. The number of rotatable bonds is 9. The Morgan fingerprint density at radius 2 is 1.45 bits per heavy atom. The fraction of sp³-hybridized carbons (Fsp3) is 0.267. The molecular weight excluding hydrogens is 583 g/mol. The van der Waals surface area contributed by atoms with E-state index in [0.717, 1.165) is 32.9 Å². The highest BCUT2D eigenvalue weighted by Gasteiger charge is 2.22. The molecule has 2 heterocycles. The highest BCUT2D eigenvalue weighted by molar-refractivity contribution is 6.31. The fourth-order valence-electron chi connectivity index (χ4n) is 4.17. The van der Waals surface area contributed by atoms with Crippen LogP contribution in [-0.2, 0) is 35.1 Å². The van der Waals surface area contributed by atoms with E-state index in [1.165, 1.54) is 13.8 Å². The molecule has 4 N–H and O–H groups in total. The molecule has 0 aliphatic carbocycles. The van der Waals surface area contributed by atoms with Crippen LogP contribution in [0.25, 0.3) is 27.9 Å². The first-order chi connectivity index (χ1) is 20.0. The number of benzene rings is 2. The summed E-state index contributed by atoms with van der Waals surface area (Å²) < 4.78 is 9.93. The molecule has 1 atom stereocenters. The predicted octanol–water partition coefficient (Wildman–Crippen LogP) is 5.29. The molecule has 0 spiro atoms. The zero-order valence-electron chi connectivity index (χ0n) is 23.6. The van der Waals surface area contributed by atoms with E-state index in [4.69, 9.17) is 32.7 Å². The van der Waals surface area contributed by atoms with Gasteiger partial charge in [-0.25, -0.2) is 9.59 Å². The number of ether oxygens (including phenoxy) is 2. The Kier molecular flexibility index (Phi) is 11.6. The minimum absolute atomic E-state index is 0.0974. The highest BCUT2D eigenvalue weighted by atomic mass is 35.5. The number of aromatic nitrogens is 2. The molecule has 222 valence electrons. The normalized spacial score (nSPS) is 11.8. The molecule has 0 radical (unpaired) electrons. The zero-order chi connectivity index (χ0) is 30.8. The van der Waals surface area contributed by atoms with E-state index in [1.54, 1.807) is 44.3 Å². The molecule has 2 aromatic carbocycles. The number of nitrogens with one attached hydrogen (secondary N) is 4. The van der Waals surface area contributed by atoms with Crippen molar-refractivity contribution in [2.45, 2.75) is 40.2 Å². The number of carbonyl (C=O) groups is 4. The van der Waals surface area contributed by atoms with Gasteiger partial charge in [0.15, 0.2) is 0 Å². The van der Waals surface area contributed by atoms with E-state index >= 15 is 0 Å². The van der Waals surface area contributed by atoms with Crippen LogP contribution in [-0.4, -0.2) is 53.0 Å². The molecule has 0 aliphatic heterocycles. The van der Waals surface area contributed by atoms with E-state index < -0.39 is 18.0 Å². The van der Waals surface area contributed by atoms with Gasteiger partial charge in [-0.05, 0) is 49.8 Å². The van der Waals surface area contributed by atoms with Crippen molar-refractivity contribution in [2.24, 2.45) is 0 Å². The summed E-state index contributed by atoms with van der Waals surface area (Å²) >= 11 is 11.9. The molecule has 0 unspecified atom stereocenters. The van der Waals surface area contributed by atoms with Crippen molar-refractivity contribution < 1.29 is 28.7 Å². The second-order valence-electron chi connectivity index (χ2n) is 9.11. The summed E-state index contributed by atoms with van der Waals surface area (Å²) in [5.41, 5.74) is 3.52. The molecule has 0 fully saturated rings. The zero-order valence-corrected chi connectivity index (χ0v) is 25.1. The van der Waals surface area contributed by atoms with Gasteiger partial charge < -0.3 is 30.1 Å². The maximum absolute atomic E-state index is 11.9. The number of H-pyrrole nitrogens is 2. The molecule has 42 heavy (non-hydrogen) atoms. The molecule has 0 saturated heterocycles. The number of hydrogen-bond donors (Lipinski definition) is 4. The highest BCUT2D eigenvalue weighted by Crippen LogP contribution is 2.24. The van der Waals surface area contributed by atoms with Crippen LogP contribution in [0.3, 0.4) is 0 Å². The third-order valence-electron chi connectivity index (χ3n) is 5.88. The van der Waals surface area contributed by atoms with E-state index in [1.807, 2.05) is 24.4 Å². The Bertz CT molecular complexity index is 1620. The Morgan fingerprint density at radius 1 is 0.857 bits per heavy atom. The Labute approximate surface area is 252 Å². The largest absolute Gasteiger partial charge is 0.464 e. The first kappa shape index (κ1) is 32.2. The fourth-order valence-corrected chi connectivity index (χ4v) is 4.51. The topological polar surface area (TPSA) is 142 Å². The Morgan fingerprint density at radius 3 is 2.05 bits per heavy atom. The van der Waals surface area contributed by atoms with E-state index in [9.17, 15) is 19.2 Å². The number of fused-ring (bicyclic) bond motifs is 2. The number of carbonyl (C=O) groups excluding carboxylic acids is 4. The minimum atomic E-state index is -0.697. The van der Waals surface area contributed by atoms with Crippen LogP contribution in [0.15, 0.2) is 54.5 Å². The van der Waals surface area contributed by atoms with Gasteiger partial charge in [0.05, 0.1) is 13.2 Å². The van der Waals surface area contributed by atoms with Crippen molar-refractivity contribution in [1.29, 1.82) is 0 Å². The molecule has 4 rings (SSSR count). The van der Waals surface area contributed by atoms with Gasteiger partial charge in [-0.2, -0.15) is 0 Å². The average Bonchev–Trinajstić information content (AvgIpc) is 3.51. The molecule has 2 amide bonds. The number of hydrogen-bond acceptors (Lipinski definition) is 6. The van der Waals surface area contributed by atoms with Crippen LogP contribution in [0.5, 0.6) is 0 Å². The summed E-state index contributed by atoms with van der Waals surface area (Å²) in [5, 5.41) is 8.23. The lowest BCUT2D eigenvalue weighted by Crippen LogP contribution is -2.42. The average molecular weight is 616 g/mol. The van der Waals surface area contributed by atoms with Crippen LogP contribution < -0.4 is 10.6 Å². The molecule has 0 saturated carbocycles. The second kappa shape index (κ2) is 15.1. The lowest BCUT2D eigenvalue weighted by atomic mass is 10.0. The van der Waals surface area contributed by atoms with Crippen molar-refractivity contribution in [1.82, 2.24) is 20.6 Å². The van der Waals surface area contributed by atoms with Gasteiger partial charge in [0.25, 0.3) is 0 Å².